The Kier molecular flexibility index (Phi) is 4.58. The highest BCUT2D eigenvalue weighted by Gasteiger charge is 2.22. The van der Waals surface area contributed by atoms with Crippen molar-refractivity contribution in [3.63, 3.8) is 0 Å². The topological polar surface area (TPSA) is 30.1 Å². The summed E-state index contributed by atoms with van der Waals surface area (Å²) in [6.07, 6.45) is 6.39. The van der Waals surface area contributed by atoms with Crippen LogP contribution in [0.2, 0.25) is 0 Å². The molecule has 0 saturated heterocycles. The van der Waals surface area contributed by atoms with Crippen molar-refractivity contribution in [2.75, 3.05) is 6.54 Å². The highest BCUT2D eigenvalue weighted by molar-refractivity contribution is 6.27. The van der Waals surface area contributed by atoms with Crippen LogP contribution in [0.4, 0.5) is 0 Å². The summed E-state index contributed by atoms with van der Waals surface area (Å²) >= 11 is 0. The van der Waals surface area contributed by atoms with Gasteiger partial charge in [0.25, 0.3) is 0 Å². The summed E-state index contributed by atoms with van der Waals surface area (Å²) < 4.78 is 9.07. The second kappa shape index (κ2) is 8.25. The molecule has 1 aliphatic rings. The first-order chi connectivity index (χ1) is 18.9. The largest absolute Gasteiger partial charge is 0.455 e. The standard InChI is InChI=1S/C35H24N2O/c1-3-11-23(12-4-1)28-22-31-34(35-33(28)27-15-7-8-17-32(27)38-35)26-19-18-24(29-16-9-10-20-36-29)21-30(26)37(31)25-13-5-2-6-14-25/h1-19,21-22,36H,20H2. The van der Waals surface area contributed by atoms with Crippen molar-refractivity contribution in [1.29, 1.82) is 0 Å². The van der Waals surface area contributed by atoms with Gasteiger partial charge in [0, 0.05) is 34.1 Å². The fourth-order valence-corrected chi connectivity index (χ4v) is 5.91. The Hall–Kier alpha value is -5.02. The molecule has 3 nitrogen and oxygen atoms in total. The number of para-hydroxylation sites is 2. The van der Waals surface area contributed by atoms with Gasteiger partial charge >= 0.3 is 0 Å². The number of hydrogen-bond acceptors (Lipinski definition) is 2. The summed E-state index contributed by atoms with van der Waals surface area (Å²) in [5.41, 5.74) is 9.95. The monoisotopic (exact) mass is 488 g/mol. The molecule has 0 saturated carbocycles. The molecule has 1 aliphatic heterocycles. The molecule has 7 aromatic rings. The molecule has 1 N–H and O–H groups in total. The van der Waals surface area contributed by atoms with Gasteiger partial charge < -0.3 is 14.3 Å². The Labute approximate surface area is 219 Å². The predicted octanol–water partition coefficient (Wildman–Crippen LogP) is 8.85. The number of fused-ring (bicyclic) bond motifs is 7. The van der Waals surface area contributed by atoms with Crippen LogP contribution in [0.3, 0.4) is 0 Å². The van der Waals surface area contributed by atoms with Crippen molar-refractivity contribution in [3.05, 3.63) is 133 Å². The fourth-order valence-electron chi connectivity index (χ4n) is 5.91. The normalized spacial score (nSPS) is 13.4. The second-order valence-corrected chi connectivity index (χ2v) is 9.78. The molecule has 5 aromatic carbocycles. The molecule has 0 aliphatic carbocycles. The summed E-state index contributed by atoms with van der Waals surface area (Å²) in [5.74, 6) is 0. The van der Waals surface area contributed by atoms with E-state index in [1.165, 1.54) is 22.1 Å². The average molecular weight is 489 g/mol. The van der Waals surface area contributed by atoms with Gasteiger partial charge in [0.05, 0.1) is 16.4 Å². The van der Waals surface area contributed by atoms with Crippen LogP contribution >= 0.6 is 0 Å². The van der Waals surface area contributed by atoms with E-state index in [0.717, 1.165) is 56.3 Å². The Balaban J connectivity index is 1.58. The van der Waals surface area contributed by atoms with E-state index < -0.39 is 0 Å². The van der Waals surface area contributed by atoms with E-state index >= 15 is 0 Å². The molecule has 0 spiro atoms. The van der Waals surface area contributed by atoms with Crippen LogP contribution in [0.25, 0.3) is 66.3 Å². The van der Waals surface area contributed by atoms with Crippen LogP contribution < -0.4 is 5.32 Å². The zero-order valence-electron chi connectivity index (χ0n) is 20.7. The zero-order valence-corrected chi connectivity index (χ0v) is 20.7. The molecule has 38 heavy (non-hydrogen) atoms. The van der Waals surface area contributed by atoms with E-state index in [0.29, 0.717) is 0 Å². The zero-order chi connectivity index (χ0) is 25.1. The van der Waals surface area contributed by atoms with E-state index in [1.807, 2.05) is 6.07 Å². The third kappa shape index (κ3) is 3.09. The molecule has 2 aromatic heterocycles. The number of allylic oxidation sites excluding steroid dienone is 2. The minimum atomic E-state index is 0.839. The Morgan fingerprint density at radius 1 is 0.658 bits per heavy atom. The highest BCUT2D eigenvalue weighted by atomic mass is 16.3. The molecule has 0 bridgehead atoms. The molecule has 0 atom stereocenters. The summed E-state index contributed by atoms with van der Waals surface area (Å²) in [5, 5.41) is 8.15. The van der Waals surface area contributed by atoms with Crippen LogP contribution in [0.5, 0.6) is 0 Å². The SMILES string of the molecule is C1=CCNC(c2ccc3c4c5oc6ccccc6c5c(-c5ccccc5)cc4n(-c4ccccc4)c3c2)=C1. The highest BCUT2D eigenvalue weighted by Crippen LogP contribution is 2.45. The van der Waals surface area contributed by atoms with Crippen molar-refractivity contribution >= 4 is 49.4 Å². The van der Waals surface area contributed by atoms with Crippen molar-refractivity contribution in [2.24, 2.45) is 0 Å². The van der Waals surface area contributed by atoms with Crippen molar-refractivity contribution < 1.29 is 4.42 Å². The van der Waals surface area contributed by atoms with E-state index in [1.54, 1.807) is 0 Å². The Morgan fingerprint density at radius 3 is 2.26 bits per heavy atom. The smallest absolute Gasteiger partial charge is 0.146 e. The molecular formula is C35H24N2O. The first-order valence-corrected chi connectivity index (χ1v) is 13.0. The van der Waals surface area contributed by atoms with Crippen LogP contribution in [0.15, 0.2) is 132 Å². The Morgan fingerprint density at radius 2 is 1.45 bits per heavy atom. The minimum absolute atomic E-state index is 0.839. The molecule has 0 amide bonds. The number of furan rings is 1. The number of benzene rings is 5. The average Bonchev–Trinajstić information content (AvgIpc) is 3.53. The third-order valence-electron chi connectivity index (χ3n) is 7.60. The fraction of sp³-hybridized carbons (Fsp3) is 0.0286. The predicted molar refractivity (Wildman–Crippen MR) is 159 cm³/mol. The van der Waals surface area contributed by atoms with Gasteiger partial charge in [0.2, 0.25) is 0 Å². The quantitative estimate of drug-likeness (QED) is 0.269. The van der Waals surface area contributed by atoms with Crippen molar-refractivity contribution in [2.45, 2.75) is 0 Å². The number of hydrogen-bond donors (Lipinski definition) is 1. The lowest BCUT2D eigenvalue weighted by atomic mass is 9.96. The van der Waals surface area contributed by atoms with Gasteiger partial charge in [0.1, 0.15) is 11.2 Å². The molecular weight excluding hydrogens is 464 g/mol. The molecule has 180 valence electrons. The summed E-state index contributed by atoms with van der Waals surface area (Å²) in [6, 6.07) is 38.8. The van der Waals surface area contributed by atoms with Crippen LogP contribution in [-0.2, 0) is 0 Å². The van der Waals surface area contributed by atoms with E-state index in [2.05, 4.69) is 131 Å². The van der Waals surface area contributed by atoms with Gasteiger partial charge in [-0.1, -0.05) is 91.0 Å². The lowest BCUT2D eigenvalue weighted by Gasteiger charge is -2.13. The second-order valence-electron chi connectivity index (χ2n) is 9.78. The Bertz CT molecular complexity index is 2060. The van der Waals surface area contributed by atoms with E-state index in [9.17, 15) is 0 Å². The lowest BCUT2D eigenvalue weighted by Crippen LogP contribution is -2.14. The lowest BCUT2D eigenvalue weighted by molar-refractivity contribution is 0.673. The van der Waals surface area contributed by atoms with Gasteiger partial charge in [0.15, 0.2) is 0 Å². The molecule has 0 unspecified atom stereocenters. The number of rotatable bonds is 3. The number of nitrogens with one attached hydrogen (secondary N) is 1. The molecule has 0 radical (unpaired) electrons. The number of aromatic nitrogens is 1. The maximum Gasteiger partial charge on any atom is 0.146 e. The number of nitrogens with zero attached hydrogens (tertiary/aromatic N) is 1. The van der Waals surface area contributed by atoms with E-state index in [4.69, 9.17) is 4.42 Å². The van der Waals surface area contributed by atoms with Crippen LogP contribution in [0, 0.1) is 0 Å². The van der Waals surface area contributed by atoms with Gasteiger partial charge in [-0.2, -0.15) is 0 Å². The maximum atomic E-state index is 6.69. The third-order valence-corrected chi connectivity index (χ3v) is 7.60. The first kappa shape index (κ1) is 21.1. The van der Waals surface area contributed by atoms with Gasteiger partial charge in [-0.15, -0.1) is 0 Å². The molecule has 3 heterocycles. The van der Waals surface area contributed by atoms with Crippen molar-refractivity contribution in [3.8, 4) is 16.8 Å². The molecule has 0 fully saturated rings. The number of dihydropyridines is 1. The van der Waals surface area contributed by atoms with Crippen LogP contribution in [-0.4, -0.2) is 11.1 Å². The first-order valence-electron chi connectivity index (χ1n) is 13.0. The molecule has 8 rings (SSSR count). The van der Waals surface area contributed by atoms with Gasteiger partial charge in [-0.05, 0) is 53.1 Å². The minimum Gasteiger partial charge on any atom is -0.455 e. The van der Waals surface area contributed by atoms with Gasteiger partial charge in [-0.3, -0.25) is 0 Å². The molecule has 3 heteroatoms. The summed E-state index contributed by atoms with van der Waals surface area (Å²) in [4.78, 5) is 0. The van der Waals surface area contributed by atoms with Crippen molar-refractivity contribution in [1.82, 2.24) is 9.88 Å². The van der Waals surface area contributed by atoms with Crippen LogP contribution in [0.1, 0.15) is 5.56 Å². The van der Waals surface area contributed by atoms with Gasteiger partial charge in [-0.25, -0.2) is 0 Å². The maximum absolute atomic E-state index is 6.69. The van der Waals surface area contributed by atoms with E-state index in [-0.39, 0.29) is 0 Å². The summed E-state index contributed by atoms with van der Waals surface area (Å²) in [7, 11) is 0. The summed E-state index contributed by atoms with van der Waals surface area (Å²) in [6.45, 7) is 0.839.